The molecule has 0 saturated heterocycles. The maximum absolute atomic E-state index is 12.0. The van der Waals surface area contributed by atoms with E-state index in [0.29, 0.717) is 12.3 Å². The van der Waals surface area contributed by atoms with Crippen LogP contribution in [0.3, 0.4) is 0 Å². The van der Waals surface area contributed by atoms with Gasteiger partial charge in [0.15, 0.2) is 0 Å². The van der Waals surface area contributed by atoms with Crippen LogP contribution in [-0.4, -0.2) is 31.3 Å². The highest BCUT2D eigenvalue weighted by Crippen LogP contribution is 2.27. The second-order valence-corrected chi connectivity index (χ2v) is 9.13. The van der Waals surface area contributed by atoms with Gasteiger partial charge in [-0.2, -0.15) is 11.3 Å². The van der Waals surface area contributed by atoms with Gasteiger partial charge in [-0.05, 0) is 66.9 Å². The molecule has 0 bridgehead atoms. The number of nitrogens with one attached hydrogen (secondary N) is 2. The summed E-state index contributed by atoms with van der Waals surface area (Å²) in [5, 5.41) is 10.4. The Morgan fingerprint density at radius 3 is 2.82 bits per heavy atom. The van der Waals surface area contributed by atoms with Crippen molar-refractivity contribution in [2.45, 2.75) is 25.7 Å². The highest BCUT2D eigenvalue weighted by Gasteiger charge is 2.04. The van der Waals surface area contributed by atoms with E-state index in [9.17, 15) is 4.79 Å². The Morgan fingerprint density at radius 1 is 1.21 bits per heavy atom. The Balaban J connectivity index is 1.60. The standard InChI is InChI=1S/C23H28N2OS2/c1-23(2,3)11-5-4-6-12-24-13-14-25-22(26)18-28-21-9-7-8-19(16-21)20-10-15-27-17-20/h4,6-10,15-17,24H,12-14,18H2,1-3H3,(H,25,26). The number of benzene rings is 1. The lowest BCUT2D eigenvalue weighted by Gasteiger charge is -2.07. The molecule has 0 atom stereocenters. The molecule has 0 aliphatic rings. The number of rotatable bonds is 9. The van der Waals surface area contributed by atoms with Crippen molar-refractivity contribution in [2.75, 3.05) is 25.4 Å². The Morgan fingerprint density at radius 2 is 2.07 bits per heavy atom. The minimum absolute atomic E-state index is 0.0330. The topological polar surface area (TPSA) is 41.1 Å². The first-order valence-electron chi connectivity index (χ1n) is 9.34. The maximum atomic E-state index is 12.0. The number of amides is 1. The number of carbonyl (C=O) groups excluding carboxylic acids is 1. The van der Waals surface area contributed by atoms with Crippen molar-refractivity contribution < 1.29 is 4.79 Å². The monoisotopic (exact) mass is 412 g/mol. The van der Waals surface area contributed by atoms with E-state index in [4.69, 9.17) is 0 Å². The van der Waals surface area contributed by atoms with Crippen molar-refractivity contribution >= 4 is 29.0 Å². The van der Waals surface area contributed by atoms with Crippen LogP contribution in [0.15, 0.2) is 58.1 Å². The molecule has 0 saturated carbocycles. The number of allylic oxidation sites excluding steroid dienone is 1. The van der Waals surface area contributed by atoms with Crippen LogP contribution in [0, 0.1) is 17.3 Å². The van der Waals surface area contributed by atoms with Crippen molar-refractivity contribution in [2.24, 2.45) is 5.41 Å². The van der Waals surface area contributed by atoms with E-state index in [1.807, 2.05) is 24.3 Å². The zero-order chi connectivity index (χ0) is 20.2. The van der Waals surface area contributed by atoms with Gasteiger partial charge in [-0.1, -0.05) is 30.0 Å². The first-order chi connectivity index (χ1) is 13.4. The van der Waals surface area contributed by atoms with Crippen LogP contribution >= 0.6 is 23.1 Å². The summed E-state index contributed by atoms with van der Waals surface area (Å²) in [6, 6.07) is 10.4. The van der Waals surface area contributed by atoms with E-state index in [-0.39, 0.29) is 11.3 Å². The molecule has 0 aliphatic carbocycles. The molecule has 0 aliphatic heterocycles. The molecular weight excluding hydrogens is 384 g/mol. The van der Waals surface area contributed by atoms with Gasteiger partial charge >= 0.3 is 0 Å². The van der Waals surface area contributed by atoms with Crippen LogP contribution in [0.4, 0.5) is 0 Å². The van der Waals surface area contributed by atoms with Gasteiger partial charge in [-0.25, -0.2) is 0 Å². The van der Waals surface area contributed by atoms with Crippen LogP contribution in [0.5, 0.6) is 0 Å². The molecule has 28 heavy (non-hydrogen) atoms. The smallest absolute Gasteiger partial charge is 0.230 e. The van der Waals surface area contributed by atoms with Crippen LogP contribution < -0.4 is 10.6 Å². The molecule has 2 aromatic rings. The molecule has 1 heterocycles. The van der Waals surface area contributed by atoms with Crippen LogP contribution in [0.2, 0.25) is 0 Å². The average molecular weight is 413 g/mol. The average Bonchev–Trinajstić information content (AvgIpc) is 3.19. The van der Waals surface area contributed by atoms with E-state index in [0.717, 1.165) is 18.0 Å². The van der Waals surface area contributed by atoms with E-state index < -0.39 is 0 Å². The Kier molecular flexibility index (Phi) is 9.36. The number of carbonyl (C=O) groups is 1. The molecule has 1 aromatic carbocycles. The summed E-state index contributed by atoms with van der Waals surface area (Å²) in [4.78, 5) is 13.1. The second-order valence-electron chi connectivity index (χ2n) is 7.30. The van der Waals surface area contributed by atoms with Gasteiger partial charge in [0.1, 0.15) is 0 Å². The lowest BCUT2D eigenvalue weighted by molar-refractivity contribution is -0.118. The first kappa shape index (κ1) is 22.3. The molecular formula is C23H28N2OS2. The van der Waals surface area contributed by atoms with Crippen molar-refractivity contribution in [1.29, 1.82) is 0 Å². The summed E-state index contributed by atoms with van der Waals surface area (Å²) in [7, 11) is 0. The van der Waals surface area contributed by atoms with E-state index >= 15 is 0 Å². The zero-order valence-corrected chi connectivity index (χ0v) is 18.4. The molecule has 5 heteroatoms. The van der Waals surface area contributed by atoms with Crippen LogP contribution in [0.25, 0.3) is 11.1 Å². The van der Waals surface area contributed by atoms with Crippen molar-refractivity contribution in [3.05, 3.63) is 53.2 Å². The number of hydrogen-bond donors (Lipinski definition) is 2. The Hall–Kier alpha value is -2.00. The Bertz CT molecular complexity index is 824. The highest BCUT2D eigenvalue weighted by atomic mass is 32.2. The molecule has 0 spiro atoms. The zero-order valence-electron chi connectivity index (χ0n) is 16.7. The normalized spacial score (nSPS) is 11.2. The summed E-state index contributed by atoms with van der Waals surface area (Å²) < 4.78 is 0. The molecule has 0 radical (unpaired) electrons. The number of thioether (sulfide) groups is 1. The van der Waals surface area contributed by atoms with Gasteiger partial charge in [0, 0.05) is 29.9 Å². The summed E-state index contributed by atoms with van der Waals surface area (Å²) in [5.74, 6) is 6.67. The van der Waals surface area contributed by atoms with E-state index in [2.05, 4.69) is 72.2 Å². The van der Waals surface area contributed by atoms with E-state index in [1.54, 1.807) is 23.1 Å². The molecule has 1 amide bonds. The van der Waals surface area contributed by atoms with Crippen LogP contribution in [-0.2, 0) is 4.79 Å². The lowest BCUT2D eigenvalue weighted by atomic mass is 9.98. The summed E-state index contributed by atoms with van der Waals surface area (Å²) in [5.41, 5.74) is 2.45. The highest BCUT2D eigenvalue weighted by molar-refractivity contribution is 8.00. The minimum atomic E-state index is 0.0330. The minimum Gasteiger partial charge on any atom is -0.354 e. The number of thiophene rings is 1. The van der Waals surface area contributed by atoms with Gasteiger partial charge < -0.3 is 10.6 Å². The Labute approximate surface area is 177 Å². The van der Waals surface area contributed by atoms with Gasteiger partial charge in [0.25, 0.3) is 0 Å². The third-order valence-electron chi connectivity index (χ3n) is 3.59. The van der Waals surface area contributed by atoms with Crippen molar-refractivity contribution in [1.82, 2.24) is 10.6 Å². The van der Waals surface area contributed by atoms with Gasteiger partial charge in [0.05, 0.1) is 5.75 Å². The quantitative estimate of drug-likeness (QED) is 0.352. The summed E-state index contributed by atoms with van der Waals surface area (Å²) >= 11 is 3.25. The fourth-order valence-corrected chi connectivity index (χ4v) is 3.70. The predicted octanol–water partition coefficient (Wildman–Crippen LogP) is 4.82. The van der Waals surface area contributed by atoms with Crippen molar-refractivity contribution in [3.63, 3.8) is 0 Å². The summed E-state index contributed by atoms with van der Waals surface area (Å²) in [6.07, 6.45) is 3.87. The SMILES string of the molecule is CC(C)(C)C#CC=CCNCCNC(=O)CSc1cccc(-c2ccsc2)c1. The van der Waals surface area contributed by atoms with Gasteiger partial charge in [0.2, 0.25) is 5.91 Å². The van der Waals surface area contributed by atoms with E-state index in [1.165, 1.54) is 11.1 Å². The van der Waals surface area contributed by atoms with Crippen molar-refractivity contribution in [3.8, 4) is 23.0 Å². The molecule has 3 nitrogen and oxygen atoms in total. The third-order valence-corrected chi connectivity index (χ3v) is 5.27. The first-order valence-corrected chi connectivity index (χ1v) is 11.3. The predicted molar refractivity (Wildman–Crippen MR) is 123 cm³/mol. The molecule has 0 unspecified atom stereocenters. The van der Waals surface area contributed by atoms with Crippen LogP contribution in [0.1, 0.15) is 20.8 Å². The fraction of sp³-hybridized carbons (Fsp3) is 0.348. The van der Waals surface area contributed by atoms with Gasteiger partial charge in [-0.3, -0.25) is 4.79 Å². The number of hydrogen-bond acceptors (Lipinski definition) is 4. The molecule has 0 fully saturated rings. The maximum Gasteiger partial charge on any atom is 0.230 e. The molecule has 1 aromatic heterocycles. The fourth-order valence-electron chi connectivity index (χ4n) is 2.25. The molecule has 148 valence electrons. The van der Waals surface area contributed by atoms with Gasteiger partial charge in [-0.15, -0.1) is 11.8 Å². The lowest BCUT2D eigenvalue weighted by Crippen LogP contribution is -2.32. The second kappa shape index (κ2) is 11.8. The molecule has 2 N–H and O–H groups in total. The molecule has 2 rings (SSSR count). The largest absolute Gasteiger partial charge is 0.354 e. The third kappa shape index (κ3) is 9.27. The summed E-state index contributed by atoms with van der Waals surface area (Å²) in [6.45, 7) is 8.38.